The first-order chi connectivity index (χ1) is 10.8. The maximum Gasteiger partial charge on any atom is 0.406 e. The van der Waals surface area contributed by atoms with Crippen molar-refractivity contribution in [1.82, 2.24) is 9.55 Å². The number of aliphatic hydroxyl groups excluding tert-OH is 1. The van der Waals surface area contributed by atoms with Crippen LogP contribution in [0.5, 0.6) is 0 Å². The number of nitrogens with zero attached hydrogens (tertiary/aromatic N) is 3. The average molecular weight is 326 g/mol. The summed E-state index contributed by atoms with van der Waals surface area (Å²) in [4.78, 5) is 13.9. The molecule has 2 aromatic rings. The number of aryl methyl sites for hydroxylation is 1. The lowest BCUT2D eigenvalue weighted by Crippen LogP contribution is -2.33. The lowest BCUT2D eigenvalue weighted by molar-refractivity contribution is -0.388. The van der Waals surface area contributed by atoms with Crippen molar-refractivity contribution in [2.45, 2.75) is 25.5 Å². The van der Waals surface area contributed by atoms with E-state index < -0.39 is 28.7 Å². The summed E-state index contributed by atoms with van der Waals surface area (Å²) in [7, 11) is 1.57. The lowest BCUT2D eigenvalue weighted by atomic mass is 10.0. The first-order valence-electron chi connectivity index (χ1n) is 6.83. The molecule has 0 fully saturated rings. The number of anilines is 1. The Morgan fingerprint density at radius 1 is 1.39 bits per heavy atom. The highest BCUT2D eigenvalue weighted by Crippen LogP contribution is 2.23. The number of nitrogens with one attached hydrogen (secondary N) is 1. The van der Waals surface area contributed by atoms with Crippen LogP contribution in [-0.4, -0.2) is 31.7 Å². The number of hydrogen-bond acceptors (Lipinski definition) is 5. The topological polar surface area (TPSA) is 93.2 Å². The molecule has 2 atom stereocenters. The van der Waals surface area contributed by atoms with Gasteiger partial charge < -0.3 is 20.5 Å². The Labute approximate surface area is 130 Å². The van der Waals surface area contributed by atoms with E-state index >= 15 is 0 Å². The third-order valence-electron chi connectivity index (χ3n) is 3.40. The van der Waals surface area contributed by atoms with Crippen LogP contribution < -0.4 is 5.32 Å². The van der Waals surface area contributed by atoms with Gasteiger partial charge in [0.1, 0.15) is 11.6 Å². The van der Waals surface area contributed by atoms with Gasteiger partial charge in [-0.05, 0) is 34.5 Å². The third kappa shape index (κ3) is 4.01. The molecule has 0 amide bonds. The van der Waals surface area contributed by atoms with E-state index in [4.69, 9.17) is 0 Å². The van der Waals surface area contributed by atoms with Crippen molar-refractivity contribution < 1.29 is 18.8 Å². The average Bonchev–Trinajstić information content (AvgIpc) is 2.79. The van der Waals surface area contributed by atoms with Crippen LogP contribution in [0.25, 0.3) is 0 Å². The fraction of sp³-hybridized carbons (Fsp3) is 0.357. The molecule has 1 aromatic carbocycles. The molecule has 2 N–H and O–H groups in total. The van der Waals surface area contributed by atoms with Gasteiger partial charge in [0.15, 0.2) is 0 Å². The summed E-state index contributed by atoms with van der Waals surface area (Å²) in [5.41, 5.74) is 0.295. The summed E-state index contributed by atoms with van der Waals surface area (Å²) < 4.78 is 27.7. The van der Waals surface area contributed by atoms with E-state index in [0.717, 1.165) is 18.2 Å². The van der Waals surface area contributed by atoms with Gasteiger partial charge in [-0.3, -0.25) is 4.57 Å². The van der Waals surface area contributed by atoms with Crippen LogP contribution in [0.15, 0.2) is 24.5 Å². The number of hydrogen-bond donors (Lipinski definition) is 2. The number of halogens is 2. The third-order valence-corrected chi connectivity index (χ3v) is 3.40. The molecular formula is C14H16F2N4O3. The van der Waals surface area contributed by atoms with Crippen LogP contribution in [0.3, 0.4) is 0 Å². The highest BCUT2D eigenvalue weighted by Gasteiger charge is 2.24. The summed E-state index contributed by atoms with van der Waals surface area (Å²) >= 11 is 0. The van der Waals surface area contributed by atoms with E-state index in [2.05, 4.69) is 10.3 Å². The molecule has 7 nitrogen and oxygen atoms in total. The van der Waals surface area contributed by atoms with E-state index in [1.54, 1.807) is 14.0 Å². The second-order valence-corrected chi connectivity index (χ2v) is 5.27. The largest absolute Gasteiger partial charge is 0.406 e. The monoisotopic (exact) mass is 326 g/mol. The number of rotatable bonds is 6. The molecule has 0 aliphatic carbocycles. The summed E-state index contributed by atoms with van der Waals surface area (Å²) in [6.45, 7) is 1.61. The zero-order valence-corrected chi connectivity index (χ0v) is 12.5. The fourth-order valence-corrected chi connectivity index (χ4v) is 2.18. The normalized spacial score (nSPS) is 13.6. The van der Waals surface area contributed by atoms with Gasteiger partial charge in [-0.2, -0.15) is 0 Å². The van der Waals surface area contributed by atoms with Crippen molar-refractivity contribution in [3.63, 3.8) is 0 Å². The molecule has 0 radical (unpaired) electrons. The molecule has 2 unspecified atom stereocenters. The minimum Gasteiger partial charge on any atom is -0.391 e. The van der Waals surface area contributed by atoms with Crippen molar-refractivity contribution in [3.05, 3.63) is 51.8 Å². The van der Waals surface area contributed by atoms with Crippen LogP contribution in [0.4, 0.5) is 20.4 Å². The van der Waals surface area contributed by atoms with Crippen LogP contribution in [0.2, 0.25) is 0 Å². The van der Waals surface area contributed by atoms with Crippen molar-refractivity contribution in [1.29, 1.82) is 0 Å². The molecule has 23 heavy (non-hydrogen) atoms. The Kier molecular flexibility index (Phi) is 4.89. The van der Waals surface area contributed by atoms with Gasteiger partial charge in [-0.1, -0.05) is 0 Å². The van der Waals surface area contributed by atoms with Crippen molar-refractivity contribution in [2.24, 2.45) is 7.05 Å². The number of benzene rings is 1. The molecule has 9 heteroatoms. The van der Waals surface area contributed by atoms with Gasteiger partial charge in [0.05, 0.1) is 12.1 Å². The molecule has 0 spiro atoms. The number of nitro groups is 1. The summed E-state index contributed by atoms with van der Waals surface area (Å²) in [5, 5.41) is 23.9. The van der Waals surface area contributed by atoms with E-state index in [1.165, 1.54) is 10.9 Å². The van der Waals surface area contributed by atoms with Gasteiger partial charge in [0, 0.05) is 19.5 Å². The van der Waals surface area contributed by atoms with Crippen molar-refractivity contribution in [2.75, 3.05) is 5.32 Å². The van der Waals surface area contributed by atoms with Crippen molar-refractivity contribution in [3.8, 4) is 0 Å². The highest BCUT2D eigenvalue weighted by molar-refractivity contribution is 5.52. The highest BCUT2D eigenvalue weighted by atomic mass is 19.1. The van der Waals surface area contributed by atoms with E-state index in [1.807, 2.05) is 0 Å². The standard InChI is InChI=1S/C14H16F2N4O3/c1-8(18-14-13(20(22)23)17-7-19(14)2)12(21)5-9-3-10(15)6-11(16)4-9/h3-4,6-8,12,18,21H,5H2,1-2H3. The Balaban J connectivity index is 2.10. The Morgan fingerprint density at radius 2 is 2.00 bits per heavy atom. The molecule has 0 bridgehead atoms. The maximum atomic E-state index is 13.2. The lowest BCUT2D eigenvalue weighted by Gasteiger charge is -2.21. The molecular weight excluding hydrogens is 310 g/mol. The van der Waals surface area contributed by atoms with Crippen molar-refractivity contribution >= 4 is 11.6 Å². The number of imidazole rings is 1. The van der Waals surface area contributed by atoms with Gasteiger partial charge in [-0.15, -0.1) is 0 Å². The second kappa shape index (κ2) is 6.69. The minimum absolute atomic E-state index is 0.00546. The zero-order chi connectivity index (χ0) is 17.1. The Bertz CT molecular complexity index is 700. The molecule has 124 valence electrons. The second-order valence-electron chi connectivity index (χ2n) is 5.27. The fourth-order valence-electron chi connectivity index (χ4n) is 2.18. The molecule has 0 aliphatic rings. The van der Waals surface area contributed by atoms with E-state index in [-0.39, 0.29) is 18.1 Å². The summed E-state index contributed by atoms with van der Waals surface area (Å²) in [6, 6.07) is 2.41. The Hall–Kier alpha value is -2.55. The molecule has 2 rings (SSSR count). The molecule has 0 saturated carbocycles. The molecule has 0 aliphatic heterocycles. The molecule has 1 heterocycles. The molecule has 1 aromatic heterocycles. The van der Waals surface area contributed by atoms with Crippen LogP contribution in [0.1, 0.15) is 12.5 Å². The predicted octanol–water partition coefficient (Wildman–Crippen LogP) is 2.01. The quantitative estimate of drug-likeness (QED) is 0.626. The van der Waals surface area contributed by atoms with Gasteiger partial charge >= 0.3 is 5.82 Å². The zero-order valence-electron chi connectivity index (χ0n) is 12.5. The summed E-state index contributed by atoms with van der Waals surface area (Å²) in [5.74, 6) is -1.67. The number of aliphatic hydroxyl groups is 1. The van der Waals surface area contributed by atoms with Gasteiger partial charge in [0.2, 0.25) is 12.1 Å². The predicted molar refractivity (Wildman–Crippen MR) is 79.0 cm³/mol. The van der Waals surface area contributed by atoms with Gasteiger partial charge in [-0.25, -0.2) is 8.78 Å². The SMILES string of the molecule is CC(Nc1c([N+](=O)[O-])ncn1C)C(O)Cc1cc(F)cc(F)c1. The van der Waals surface area contributed by atoms with Crippen LogP contribution >= 0.6 is 0 Å². The summed E-state index contributed by atoms with van der Waals surface area (Å²) in [6.07, 6.45) is 0.265. The maximum absolute atomic E-state index is 13.2. The van der Waals surface area contributed by atoms with E-state index in [9.17, 15) is 24.0 Å². The van der Waals surface area contributed by atoms with Crippen LogP contribution in [-0.2, 0) is 13.5 Å². The molecule has 0 saturated heterocycles. The van der Waals surface area contributed by atoms with Gasteiger partial charge in [0.25, 0.3) is 0 Å². The Morgan fingerprint density at radius 3 is 2.57 bits per heavy atom. The first-order valence-corrected chi connectivity index (χ1v) is 6.83. The van der Waals surface area contributed by atoms with E-state index in [0.29, 0.717) is 5.56 Å². The smallest absolute Gasteiger partial charge is 0.391 e. The van der Waals surface area contributed by atoms with Crippen LogP contribution in [0, 0.1) is 21.7 Å². The number of aromatic nitrogens is 2. The minimum atomic E-state index is -1.01. The first kappa shape index (κ1) is 16.8.